The molecule has 0 spiro atoms. The van der Waals surface area contributed by atoms with Gasteiger partial charge < -0.3 is 5.21 Å². The topological polar surface area (TPSA) is 56.8 Å². The van der Waals surface area contributed by atoms with Crippen molar-refractivity contribution in [2.45, 2.75) is 0 Å². The first-order chi connectivity index (χ1) is 12.8. The molecule has 1 heterocycles. The van der Waals surface area contributed by atoms with Gasteiger partial charge in [0, 0.05) is 17.2 Å². The molecule has 0 N–H and O–H groups in total. The van der Waals surface area contributed by atoms with E-state index in [1.54, 1.807) is 23.2 Å². The number of hydrogen-bond acceptors (Lipinski definition) is 3. The summed E-state index contributed by atoms with van der Waals surface area (Å²) in [5.74, 6) is 0. The van der Waals surface area contributed by atoms with Crippen LogP contribution in [-0.4, -0.2) is 25.9 Å². The van der Waals surface area contributed by atoms with Crippen molar-refractivity contribution < 1.29 is 4.74 Å². The molecule has 0 saturated carbocycles. The highest BCUT2D eigenvalue weighted by Gasteiger charge is 2.16. The van der Waals surface area contributed by atoms with Crippen LogP contribution in [0.2, 0.25) is 0 Å². The molecule has 5 heteroatoms. The molecule has 0 unspecified atom stereocenters. The minimum atomic E-state index is 0.499. The van der Waals surface area contributed by atoms with Crippen LogP contribution in [0.4, 0.5) is 5.69 Å². The monoisotopic (exact) mass is 340 g/mol. The third kappa shape index (κ3) is 3.10. The SMILES string of the molecule is [O-][N+](=Cc1ccccc1)c1ccccc1-n1nncc1-c1ccccc1. The Hall–Kier alpha value is -3.73. The number of rotatable bonds is 4. The average Bonchev–Trinajstić information content (AvgIpc) is 3.19. The van der Waals surface area contributed by atoms with Gasteiger partial charge >= 0.3 is 0 Å². The smallest absolute Gasteiger partial charge is 0.242 e. The van der Waals surface area contributed by atoms with Crippen molar-refractivity contribution in [3.63, 3.8) is 0 Å². The van der Waals surface area contributed by atoms with E-state index in [-0.39, 0.29) is 0 Å². The van der Waals surface area contributed by atoms with E-state index >= 15 is 0 Å². The summed E-state index contributed by atoms with van der Waals surface area (Å²) in [6.07, 6.45) is 3.25. The van der Waals surface area contributed by atoms with Crippen molar-refractivity contribution in [2.75, 3.05) is 0 Å². The standard InChI is InChI=1S/C21H16N4O/c26-24(16-17-9-3-1-4-10-17)19-13-7-8-14-20(19)25-21(15-22-23-25)18-11-5-2-6-12-18/h1-16H. The van der Waals surface area contributed by atoms with Gasteiger partial charge in [0.25, 0.3) is 0 Å². The Morgan fingerprint density at radius 1 is 0.808 bits per heavy atom. The molecule has 0 aliphatic rings. The zero-order valence-corrected chi connectivity index (χ0v) is 13.9. The lowest BCUT2D eigenvalue weighted by atomic mass is 10.1. The van der Waals surface area contributed by atoms with Crippen LogP contribution < -0.4 is 0 Å². The molecule has 3 aromatic carbocycles. The summed E-state index contributed by atoms with van der Waals surface area (Å²) in [7, 11) is 0. The second kappa shape index (κ2) is 7.03. The number of nitrogens with zero attached hydrogens (tertiary/aromatic N) is 4. The summed E-state index contributed by atoms with van der Waals surface area (Å²) in [5.41, 5.74) is 3.81. The molecule has 5 nitrogen and oxygen atoms in total. The lowest BCUT2D eigenvalue weighted by Gasteiger charge is -2.11. The molecule has 0 aliphatic carbocycles. The maximum absolute atomic E-state index is 12.8. The minimum absolute atomic E-state index is 0.499. The second-order valence-corrected chi connectivity index (χ2v) is 5.75. The van der Waals surface area contributed by atoms with Crippen molar-refractivity contribution in [2.24, 2.45) is 0 Å². The first kappa shape index (κ1) is 15.8. The third-order valence-electron chi connectivity index (χ3n) is 4.03. The molecule has 0 amide bonds. The van der Waals surface area contributed by atoms with E-state index < -0.39 is 0 Å². The van der Waals surface area contributed by atoms with Gasteiger partial charge in [-0.25, -0.2) is 4.68 Å². The van der Waals surface area contributed by atoms with Gasteiger partial charge in [0.2, 0.25) is 5.69 Å². The normalized spacial score (nSPS) is 11.5. The van der Waals surface area contributed by atoms with E-state index in [1.807, 2.05) is 78.9 Å². The second-order valence-electron chi connectivity index (χ2n) is 5.75. The molecule has 26 heavy (non-hydrogen) atoms. The fourth-order valence-electron chi connectivity index (χ4n) is 2.79. The van der Waals surface area contributed by atoms with Gasteiger partial charge in [-0.15, -0.1) is 5.10 Å². The van der Waals surface area contributed by atoms with Gasteiger partial charge in [-0.05, 0) is 18.2 Å². The summed E-state index contributed by atoms with van der Waals surface area (Å²) < 4.78 is 2.55. The summed E-state index contributed by atoms with van der Waals surface area (Å²) in [4.78, 5) is 0. The summed E-state index contributed by atoms with van der Waals surface area (Å²) in [6, 6.07) is 26.7. The first-order valence-electron chi connectivity index (χ1n) is 8.25. The van der Waals surface area contributed by atoms with Crippen LogP contribution in [0.3, 0.4) is 0 Å². The molecule has 4 rings (SSSR count). The van der Waals surface area contributed by atoms with Crippen molar-refractivity contribution >= 4 is 11.9 Å². The molecule has 0 bridgehead atoms. The van der Waals surface area contributed by atoms with Crippen molar-refractivity contribution in [1.82, 2.24) is 15.0 Å². The predicted molar refractivity (Wildman–Crippen MR) is 102 cm³/mol. The lowest BCUT2D eigenvalue weighted by Crippen LogP contribution is -2.06. The lowest BCUT2D eigenvalue weighted by molar-refractivity contribution is -0.354. The molecule has 0 atom stereocenters. The Kier molecular flexibility index (Phi) is 4.26. The fourth-order valence-corrected chi connectivity index (χ4v) is 2.79. The molecule has 4 aromatic rings. The van der Waals surface area contributed by atoms with E-state index in [9.17, 15) is 5.21 Å². The quantitative estimate of drug-likeness (QED) is 0.242. The molecular formula is C21H16N4O. The van der Waals surface area contributed by atoms with Gasteiger partial charge in [-0.1, -0.05) is 65.9 Å². The van der Waals surface area contributed by atoms with E-state index in [4.69, 9.17) is 0 Å². The minimum Gasteiger partial charge on any atom is -0.618 e. The number of aromatic nitrogens is 3. The molecule has 0 fully saturated rings. The van der Waals surface area contributed by atoms with Crippen LogP contribution in [-0.2, 0) is 0 Å². The molecular weight excluding hydrogens is 324 g/mol. The maximum atomic E-state index is 12.8. The number of para-hydroxylation sites is 2. The first-order valence-corrected chi connectivity index (χ1v) is 8.25. The van der Waals surface area contributed by atoms with Gasteiger partial charge in [0.1, 0.15) is 5.69 Å². The van der Waals surface area contributed by atoms with Crippen molar-refractivity contribution in [3.8, 4) is 16.9 Å². The van der Waals surface area contributed by atoms with Gasteiger partial charge in [-0.2, -0.15) is 4.74 Å². The number of hydrogen-bond donors (Lipinski definition) is 0. The van der Waals surface area contributed by atoms with Crippen molar-refractivity contribution in [1.29, 1.82) is 0 Å². The summed E-state index contributed by atoms with van der Waals surface area (Å²) >= 11 is 0. The van der Waals surface area contributed by atoms with E-state index in [2.05, 4.69) is 10.3 Å². The summed E-state index contributed by atoms with van der Waals surface area (Å²) in [6.45, 7) is 0. The van der Waals surface area contributed by atoms with Crippen LogP contribution >= 0.6 is 0 Å². The van der Waals surface area contributed by atoms with Crippen LogP contribution in [0.15, 0.2) is 91.1 Å². The highest BCUT2D eigenvalue weighted by molar-refractivity contribution is 5.77. The molecule has 0 aliphatic heterocycles. The van der Waals surface area contributed by atoms with Crippen molar-refractivity contribution in [3.05, 3.63) is 102 Å². The van der Waals surface area contributed by atoms with Crippen LogP contribution in [0, 0.1) is 5.21 Å². The Bertz CT molecular complexity index is 1040. The van der Waals surface area contributed by atoms with E-state index in [0.29, 0.717) is 11.4 Å². The highest BCUT2D eigenvalue weighted by Crippen LogP contribution is 2.27. The zero-order valence-electron chi connectivity index (χ0n) is 13.9. The molecule has 0 radical (unpaired) electrons. The highest BCUT2D eigenvalue weighted by atomic mass is 16.5. The summed E-state index contributed by atoms with van der Waals surface area (Å²) in [5, 5.41) is 21.0. The van der Waals surface area contributed by atoms with Gasteiger partial charge in [0.15, 0.2) is 6.21 Å². The van der Waals surface area contributed by atoms with Gasteiger partial charge in [-0.3, -0.25) is 0 Å². The molecule has 0 saturated heterocycles. The van der Waals surface area contributed by atoms with Crippen LogP contribution in [0.25, 0.3) is 16.9 Å². The van der Waals surface area contributed by atoms with E-state index in [1.165, 1.54) is 0 Å². The average molecular weight is 340 g/mol. The maximum Gasteiger partial charge on any atom is 0.242 e. The van der Waals surface area contributed by atoms with Gasteiger partial charge in [0.05, 0.1) is 11.9 Å². The Labute approximate surface area is 151 Å². The fraction of sp³-hybridized carbons (Fsp3) is 0. The Balaban J connectivity index is 1.81. The molecule has 126 valence electrons. The Morgan fingerprint density at radius 2 is 1.46 bits per heavy atom. The van der Waals surface area contributed by atoms with Crippen LogP contribution in [0.5, 0.6) is 0 Å². The molecule has 1 aromatic heterocycles. The predicted octanol–water partition coefficient (Wildman–Crippen LogP) is 4.20. The largest absolute Gasteiger partial charge is 0.618 e. The number of benzene rings is 3. The van der Waals surface area contributed by atoms with Crippen LogP contribution in [0.1, 0.15) is 5.56 Å². The third-order valence-corrected chi connectivity index (χ3v) is 4.03. The Morgan fingerprint density at radius 3 is 2.23 bits per heavy atom. The zero-order chi connectivity index (χ0) is 17.8. The van der Waals surface area contributed by atoms with E-state index in [0.717, 1.165) is 21.6 Å².